The molecular weight excluding hydrogens is 304 g/mol. The molecule has 0 aromatic carbocycles. The van der Waals surface area contributed by atoms with E-state index in [1.165, 1.54) is 0 Å². The fourth-order valence-corrected chi connectivity index (χ4v) is 2.42. The highest BCUT2D eigenvalue weighted by atomic mass is 35.5. The van der Waals surface area contributed by atoms with Crippen molar-refractivity contribution in [2.45, 2.75) is 32.4 Å². The summed E-state index contributed by atoms with van der Waals surface area (Å²) in [6, 6.07) is 7.50. The Morgan fingerprint density at radius 3 is 2.91 bits per heavy atom. The van der Waals surface area contributed by atoms with Crippen molar-refractivity contribution in [2.24, 2.45) is 0 Å². The molecule has 2 aromatic heterocycles. The van der Waals surface area contributed by atoms with Crippen LogP contribution in [0.2, 0.25) is 5.15 Å². The second kappa shape index (κ2) is 6.40. The number of amides is 1. The van der Waals surface area contributed by atoms with Gasteiger partial charge in [-0.25, -0.2) is 4.98 Å². The molecule has 1 fully saturated rings. The Balaban J connectivity index is 1.62. The van der Waals surface area contributed by atoms with Gasteiger partial charge in [0, 0.05) is 12.2 Å². The smallest absolute Gasteiger partial charge is 0.261 e. The third-order valence-corrected chi connectivity index (χ3v) is 3.79. The van der Waals surface area contributed by atoms with E-state index < -0.39 is 0 Å². The van der Waals surface area contributed by atoms with E-state index in [1.807, 2.05) is 24.0 Å². The first-order valence-electron chi connectivity index (χ1n) is 7.21. The number of furan rings is 1. The standard InChI is InChI=1S/C16H17ClN2O3/c1-11-4-7-13(22-11)9-19(12-5-6-12)15(20)10-21-14-3-2-8-18-16(14)17/h2-4,7-8,12H,5-6,9-10H2,1H3. The van der Waals surface area contributed by atoms with E-state index in [4.69, 9.17) is 20.8 Å². The summed E-state index contributed by atoms with van der Waals surface area (Å²) in [5.74, 6) is 1.98. The fraction of sp³-hybridized carbons (Fsp3) is 0.375. The van der Waals surface area contributed by atoms with Crippen LogP contribution in [0, 0.1) is 6.92 Å². The van der Waals surface area contributed by atoms with Crippen LogP contribution in [-0.4, -0.2) is 28.4 Å². The predicted octanol–water partition coefficient (Wildman–Crippen LogP) is 3.21. The Morgan fingerprint density at radius 1 is 1.45 bits per heavy atom. The molecule has 6 heteroatoms. The van der Waals surface area contributed by atoms with Crippen molar-refractivity contribution in [1.82, 2.24) is 9.88 Å². The van der Waals surface area contributed by atoms with Gasteiger partial charge in [-0.1, -0.05) is 11.6 Å². The fourth-order valence-electron chi connectivity index (χ4n) is 2.25. The summed E-state index contributed by atoms with van der Waals surface area (Å²) in [5, 5.41) is 0.259. The lowest BCUT2D eigenvalue weighted by Gasteiger charge is -2.21. The Morgan fingerprint density at radius 2 is 2.27 bits per heavy atom. The molecule has 2 heterocycles. The number of halogens is 1. The monoisotopic (exact) mass is 320 g/mol. The maximum absolute atomic E-state index is 12.4. The first-order chi connectivity index (χ1) is 10.6. The van der Waals surface area contributed by atoms with Crippen molar-refractivity contribution in [3.05, 3.63) is 47.1 Å². The lowest BCUT2D eigenvalue weighted by atomic mass is 10.3. The lowest BCUT2D eigenvalue weighted by molar-refractivity contribution is -0.134. The number of rotatable bonds is 6. The van der Waals surface area contributed by atoms with Gasteiger partial charge >= 0.3 is 0 Å². The van der Waals surface area contributed by atoms with Crippen LogP contribution < -0.4 is 4.74 Å². The molecule has 0 radical (unpaired) electrons. The molecule has 0 atom stereocenters. The van der Waals surface area contributed by atoms with Gasteiger partial charge in [-0.3, -0.25) is 4.79 Å². The summed E-state index contributed by atoms with van der Waals surface area (Å²) >= 11 is 5.92. The minimum atomic E-state index is -0.0727. The Kier molecular flexibility index (Phi) is 4.34. The van der Waals surface area contributed by atoms with Gasteiger partial charge in [0.25, 0.3) is 5.91 Å². The Bertz CT molecular complexity index is 667. The molecule has 116 valence electrons. The van der Waals surface area contributed by atoms with Crippen molar-refractivity contribution in [1.29, 1.82) is 0 Å². The second-order valence-corrected chi connectivity index (χ2v) is 5.70. The number of aromatic nitrogens is 1. The van der Waals surface area contributed by atoms with E-state index in [0.29, 0.717) is 12.3 Å². The van der Waals surface area contributed by atoms with Gasteiger partial charge in [-0.2, -0.15) is 0 Å². The van der Waals surface area contributed by atoms with E-state index in [9.17, 15) is 4.79 Å². The van der Waals surface area contributed by atoms with Gasteiger partial charge in [0.05, 0.1) is 6.54 Å². The molecule has 5 nitrogen and oxygen atoms in total. The Hall–Kier alpha value is -2.01. The highest BCUT2D eigenvalue weighted by molar-refractivity contribution is 6.30. The van der Waals surface area contributed by atoms with E-state index in [2.05, 4.69) is 4.98 Å². The van der Waals surface area contributed by atoms with Gasteiger partial charge in [0.2, 0.25) is 0 Å². The van der Waals surface area contributed by atoms with Crippen molar-refractivity contribution < 1.29 is 13.9 Å². The van der Waals surface area contributed by atoms with Crippen molar-refractivity contribution in [3.8, 4) is 5.75 Å². The zero-order valence-corrected chi connectivity index (χ0v) is 13.0. The third-order valence-electron chi connectivity index (χ3n) is 3.51. The van der Waals surface area contributed by atoms with Crippen LogP contribution in [0.1, 0.15) is 24.4 Å². The maximum atomic E-state index is 12.4. The quantitative estimate of drug-likeness (QED) is 0.767. The van der Waals surface area contributed by atoms with Crippen molar-refractivity contribution in [3.63, 3.8) is 0 Å². The molecule has 0 aliphatic heterocycles. The van der Waals surface area contributed by atoms with Crippen LogP contribution in [0.4, 0.5) is 0 Å². The van der Waals surface area contributed by atoms with Crippen LogP contribution in [-0.2, 0) is 11.3 Å². The molecule has 2 aromatic rings. The number of carbonyl (C=O) groups excluding carboxylic acids is 1. The molecule has 0 bridgehead atoms. The molecule has 22 heavy (non-hydrogen) atoms. The minimum Gasteiger partial charge on any atom is -0.481 e. The summed E-state index contributed by atoms with van der Waals surface area (Å²) in [7, 11) is 0. The van der Waals surface area contributed by atoms with Gasteiger partial charge in [-0.15, -0.1) is 0 Å². The number of ether oxygens (including phenoxy) is 1. The topological polar surface area (TPSA) is 55.6 Å². The summed E-state index contributed by atoms with van der Waals surface area (Å²) in [4.78, 5) is 18.1. The predicted molar refractivity (Wildman–Crippen MR) is 81.8 cm³/mol. The average molecular weight is 321 g/mol. The summed E-state index contributed by atoms with van der Waals surface area (Å²) in [6.07, 6.45) is 3.63. The average Bonchev–Trinajstić information content (AvgIpc) is 3.26. The number of aryl methyl sites for hydroxylation is 1. The van der Waals surface area contributed by atoms with Gasteiger partial charge in [0.15, 0.2) is 17.5 Å². The highest BCUT2D eigenvalue weighted by Crippen LogP contribution is 2.29. The molecule has 0 spiro atoms. The third kappa shape index (κ3) is 3.60. The molecule has 0 unspecified atom stereocenters. The molecule has 1 saturated carbocycles. The number of hydrogen-bond acceptors (Lipinski definition) is 4. The van der Waals surface area contributed by atoms with Crippen LogP contribution >= 0.6 is 11.6 Å². The van der Waals surface area contributed by atoms with Crippen molar-refractivity contribution in [2.75, 3.05) is 6.61 Å². The van der Waals surface area contributed by atoms with E-state index in [1.54, 1.807) is 18.3 Å². The summed E-state index contributed by atoms with van der Waals surface area (Å²) in [5.41, 5.74) is 0. The van der Waals surface area contributed by atoms with E-state index >= 15 is 0 Å². The molecule has 3 rings (SSSR count). The van der Waals surface area contributed by atoms with Crippen molar-refractivity contribution >= 4 is 17.5 Å². The molecule has 1 amide bonds. The first-order valence-corrected chi connectivity index (χ1v) is 7.59. The SMILES string of the molecule is Cc1ccc(CN(C(=O)COc2cccnc2Cl)C2CC2)o1. The van der Waals surface area contributed by atoms with Gasteiger partial charge < -0.3 is 14.1 Å². The van der Waals surface area contributed by atoms with Crippen LogP contribution in [0.3, 0.4) is 0 Å². The molecule has 0 N–H and O–H groups in total. The number of nitrogens with zero attached hydrogens (tertiary/aromatic N) is 2. The van der Waals surface area contributed by atoms with E-state index in [0.717, 1.165) is 24.4 Å². The number of hydrogen-bond donors (Lipinski definition) is 0. The number of pyridine rings is 1. The normalized spacial score (nSPS) is 13.9. The maximum Gasteiger partial charge on any atom is 0.261 e. The summed E-state index contributed by atoms with van der Waals surface area (Å²) < 4.78 is 11.0. The largest absolute Gasteiger partial charge is 0.481 e. The minimum absolute atomic E-state index is 0.0540. The van der Waals surface area contributed by atoms with Gasteiger partial charge in [-0.05, 0) is 44.0 Å². The lowest BCUT2D eigenvalue weighted by Crippen LogP contribution is -2.36. The molecule has 0 saturated heterocycles. The van der Waals surface area contributed by atoms with Crippen LogP contribution in [0.25, 0.3) is 0 Å². The second-order valence-electron chi connectivity index (χ2n) is 5.35. The first kappa shape index (κ1) is 14.9. The van der Waals surface area contributed by atoms with E-state index in [-0.39, 0.29) is 23.7 Å². The van der Waals surface area contributed by atoms with Crippen LogP contribution in [0.15, 0.2) is 34.9 Å². The summed E-state index contributed by atoms with van der Waals surface area (Å²) in [6.45, 7) is 2.31. The number of carbonyl (C=O) groups is 1. The highest BCUT2D eigenvalue weighted by Gasteiger charge is 2.33. The molecule has 1 aliphatic carbocycles. The zero-order chi connectivity index (χ0) is 15.5. The Labute approximate surface area is 133 Å². The zero-order valence-electron chi connectivity index (χ0n) is 12.3. The molecule has 1 aliphatic rings. The van der Waals surface area contributed by atoms with Gasteiger partial charge in [0.1, 0.15) is 11.5 Å². The molecular formula is C16H17ClN2O3. The van der Waals surface area contributed by atoms with Crippen LogP contribution in [0.5, 0.6) is 5.75 Å².